The minimum Gasteiger partial charge on any atom is -0.436 e. The number of benzene rings is 3. The van der Waals surface area contributed by atoms with Crippen molar-refractivity contribution in [3.63, 3.8) is 0 Å². The fourth-order valence-corrected chi connectivity index (χ4v) is 4.08. The van der Waals surface area contributed by atoms with E-state index < -0.39 is 24.5 Å². The maximum atomic E-state index is 11.7. The molecule has 1 fully saturated rings. The van der Waals surface area contributed by atoms with Crippen LogP contribution in [0.4, 0.5) is 0 Å². The van der Waals surface area contributed by atoms with Gasteiger partial charge < -0.3 is 23.7 Å². The summed E-state index contributed by atoms with van der Waals surface area (Å²) in [6, 6.07) is 29.9. The minimum atomic E-state index is -0.727. The first-order valence-corrected chi connectivity index (χ1v) is 11.9. The standard InChI is InChI=1S/C29H32O6/c1-22(30)34-28-17-26(32-19-24-13-7-3-8-14-24)29(33-20-25-15-9-4-10-16-25)27(35-28)21-31-18-23-11-5-2-6-12-23/h2-16,26-29H,17-21H2,1H3/t26-,27-,28-,29+/m1/s1. The predicted octanol–water partition coefficient (Wildman–Crippen LogP) is 5.05. The van der Waals surface area contributed by atoms with Crippen LogP contribution in [0.15, 0.2) is 91.0 Å². The molecular formula is C29H32O6. The van der Waals surface area contributed by atoms with Gasteiger partial charge in [0.15, 0.2) is 0 Å². The molecule has 0 spiro atoms. The van der Waals surface area contributed by atoms with E-state index in [1.165, 1.54) is 6.92 Å². The Hall–Kier alpha value is -3.03. The summed E-state index contributed by atoms with van der Waals surface area (Å²) in [5.74, 6) is -0.399. The third kappa shape index (κ3) is 8.01. The molecule has 0 unspecified atom stereocenters. The molecule has 184 valence electrons. The van der Waals surface area contributed by atoms with Gasteiger partial charge in [-0.25, -0.2) is 0 Å². The largest absolute Gasteiger partial charge is 0.436 e. The highest BCUT2D eigenvalue weighted by Crippen LogP contribution is 2.28. The van der Waals surface area contributed by atoms with Gasteiger partial charge in [0, 0.05) is 13.3 Å². The van der Waals surface area contributed by atoms with E-state index in [-0.39, 0.29) is 12.7 Å². The van der Waals surface area contributed by atoms with Crippen molar-refractivity contribution in [3.8, 4) is 0 Å². The van der Waals surface area contributed by atoms with Gasteiger partial charge in [-0.05, 0) is 16.7 Å². The SMILES string of the molecule is CC(=O)O[C@H]1C[C@@H](OCc2ccccc2)[C@H](OCc2ccccc2)[C@@H](COCc2ccccc2)O1. The summed E-state index contributed by atoms with van der Waals surface area (Å²) in [5.41, 5.74) is 3.18. The molecule has 6 nitrogen and oxygen atoms in total. The third-order valence-corrected chi connectivity index (χ3v) is 5.77. The Labute approximate surface area is 206 Å². The van der Waals surface area contributed by atoms with Crippen molar-refractivity contribution < 1.29 is 28.5 Å². The lowest BCUT2D eigenvalue weighted by atomic mass is 10.0. The Bertz CT molecular complexity index is 1010. The molecule has 0 aromatic heterocycles. The first-order chi connectivity index (χ1) is 17.2. The van der Waals surface area contributed by atoms with Crippen LogP contribution in [0.5, 0.6) is 0 Å². The zero-order valence-corrected chi connectivity index (χ0v) is 20.0. The van der Waals surface area contributed by atoms with Crippen LogP contribution < -0.4 is 0 Å². The van der Waals surface area contributed by atoms with Crippen LogP contribution in [-0.2, 0) is 48.3 Å². The molecule has 0 radical (unpaired) electrons. The van der Waals surface area contributed by atoms with Crippen LogP contribution in [0, 0.1) is 0 Å². The lowest BCUT2D eigenvalue weighted by Gasteiger charge is -2.40. The van der Waals surface area contributed by atoms with E-state index in [1.807, 2.05) is 91.0 Å². The van der Waals surface area contributed by atoms with E-state index in [2.05, 4.69) is 0 Å². The van der Waals surface area contributed by atoms with Crippen LogP contribution in [0.25, 0.3) is 0 Å². The molecular weight excluding hydrogens is 444 g/mol. The van der Waals surface area contributed by atoms with Crippen molar-refractivity contribution in [2.45, 2.75) is 57.8 Å². The number of carbonyl (C=O) groups is 1. The summed E-state index contributed by atoms with van der Waals surface area (Å²) in [6.07, 6.45) is -1.57. The maximum absolute atomic E-state index is 11.7. The highest BCUT2D eigenvalue weighted by Gasteiger charge is 2.42. The fourth-order valence-electron chi connectivity index (χ4n) is 4.08. The molecule has 4 atom stereocenters. The molecule has 3 aromatic carbocycles. The molecule has 3 aromatic rings. The molecule has 6 heteroatoms. The average molecular weight is 477 g/mol. The van der Waals surface area contributed by atoms with Crippen molar-refractivity contribution >= 4 is 5.97 Å². The van der Waals surface area contributed by atoms with Gasteiger partial charge in [0.1, 0.15) is 12.2 Å². The van der Waals surface area contributed by atoms with E-state index in [0.717, 1.165) is 16.7 Å². The Morgan fingerprint density at radius 2 is 1.29 bits per heavy atom. The number of esters is 1. The van der Waals surface area contributed by atoms with Gasteiger partial charge >= 0.3 is 5.97 Å². The van der Waals surface area contributed by atoms with E-state index in [1.54, 1.807) is 0 Å². The molecule has 0 aliphatic carbocycles. The predicted molar refractivity (Wildman–Crippen MR) is 131 cm³/mol. The van der Waals surface area contributed by atoms with E-state index in [0.29, 0.717) is 26.2 Å². The Morgan fingerprint density at radius 1 is 0.771 bits per heavy atom. The molecule has 0 saturated carbocycles. The Kier molecular flexibility index (Phi) is 9.43. The van der Waals surface area contributed by atoms with Crippen LogP contribution >= 0.6 is 0 Å². The molecule has 1 saturated heterocycles. The monoisotopic (exact) mass is 476 g/mol. The number of carbonyl (C=O) groups excluding carboxylic acids is 1. The summed E-state index contributed by atoms with van der Waals surface area (Å²) in [4.78, 5) is 11.7. The average Bonchev–Trinajstić information content (AvgIpc) is 2.88. The normalized spacial score (nSPS) is 22.0. The highest BCUT2D eigenvalue weighted by molar-refractivity contribution is 5.66. The molecule has 0 N–H and O–H groups in total. The highest BCUT2D eigenvalue weighted by atomic mass is 16.7. The van der Waals surface area contributed by atoms with Gasteiger partial charge in [-0.3, -0.25) is 4.79 Å². The molecule has 4 rings (SSSR count). The van der Waals surface area contributed by atoms with Gasteiger partial charge in [-0.15, -0.1) is 0 Å². The number of hydrogen-bond donors (Lipinski definition) is 0. The van der Waals surface area contributed by atoms with E-state index in [4.69, 9.17) is 23.7 Å². The van der Waals surface area contributed by atoms with Crippen LogP contribution in [0.2, 0.25) is 0 Å². The summed E-state index contributed by atoms with van der Waals surface area (Å²) in [7, 11) is 0. The van der Waals surface area contributed by atoms with Crippen LogP contribution in [0.1, 0.15) is 30.0 Å². The van der Waals surface area contributed by atoms with Gasteiger partial charge in [0.25, 0.3) is 0 Å². The fraction of sp³-hybridized carbons (Fsp3) is 0.345. The third-order valence-electron chi connectivity index (χ3n) is 5.77. The van der Waals surface area contributed by atoms with Crippen molar-refractivity contribution in [2.24, 2.45) is 0 Å². The topological polar surface area (TPSA) is 63.2 Å². The second kappa shape index (κ2) is 13.2. The Morgan fingerprint density at radius 3 is 1.83 bits per heavy atom. The first-order valence-electron chi connectivity index (χ1n) is 11.9. The molecule has 1 aliphatic heterocycles. The molecule has 35 heavy (non-hydrogen) atoms. The van der Waals surface area contributed by atoms with E-state index >= 15 is 0 Å². The molecule has 1 aliphatic rings. The van der Waals surface area contributed by atoms with Crippen molar-refractivity contribution in [1.29, 1.82) is 0 Å². The summed E-state index contributed by atoms with van der Waals surface area (Å²) in [5, 5.41) is 0. The second-order valence-electron chi connectivity index (χ2n) is 8.55. The summed E-state index contributed by atoms with van der Waals surface area (Å²) >= 11 is 0. The number of rotatable bonds is 11. The Balaban J connectivity index is 1.48. The van der Waals surface area contributed by atoms with Gasteiger partial charge in [0.05, 0.1) is 32.5 Å². The molecule has 0 amide bonds. The van der Waals surface area contributed by atoms with E-state index in [9.17, 15) is 4.79 Å². The van der Waals surface area contributed by atoms with Crippen molar-refractivity contribution in [2.75, 3.05) is 6.61 Å². The number of ether oxygens (including phenoxy) is 5. The number of hydrogen-bond acceptors (Lipinski definition) is 6. The lowest BCUT2D eigenvalue weighted by Crippen LogP contribution is -2.53. The summed E-state index contributed by atoms with van der Waals surface area (Å²) in [6.45, 7) is 2.92. The zero-order chi connectivity index (χ0) is 24.3. The van der Waals surface area contributed by atoms with Gasteiger partial charge in [-0.2, -0.15) is 0 Å². The van der Waals surface area contributed by atoms with Crippen molar-refractivity contribution in [3.05, 3.63) is 108 Å². The second-order valence-corrected chi connectivity index (χ2v) is 8.55. The van der Waals surface area contributed by atoms with Gasteiger partial charge in [-0.1, -0.05) is 91.0 Å². The summed E-state index contributed by atoms with van der Waals surface area (Å²) < 4.78 is 30.3. The molecule has 0 bridgehead atoms. The van der Waals surface area contributed by atoms with Crippen LogP contribution in [-0.4, -0.2) is 37.2 Å². The van der Waals surface area contributed by atoms with Gasteiger partial charge in [0.2, 0.25) is 6.29 Å². The van der Waals surface area contributed by atoms with Crippen LogP contribution in [0.3, 0.4) is 0 Å². The zero-order valence-electron chi connectivity index (χ0n) is 20.0. The quantitative estimate of drug-likeness (QED) is 0.361. The lowest BCUT2D eigenvalue weighted by molar-refractivity contribution is -0.271. The minimum absolute atomic E-state index is 0.275. The first kappa shape index (κ1) is 25.1. The maximum Gasteiger partial charge on any atom is 0.304 e. The molecule has 1 heterocycles. The smallest absolute Gasteiger partial charge is 0.304 e. The van der Waals surface area contributed by atoms with Crippen molar-refractivity contribution in [1.82, 2.24) is 0 Å².